The van der Waals surface area contributed by atoms with Gasteiger partial charge in [-0.2, -0.15) is 4.98 Å². The molecule has 2 aliphatic rings. The van der Waals surface area contributed by atoms with Crippen molar-refractivity contribution >= 4 is 11.9 Å². The molecule has 146 valence electrons. The highest BCUT2D eigenvalue weighted by molar-refractivity contribution is 5.35. The predicted molar refractivity (Wildman–Crippen MR) is 106 cm³/mol. The molecular weight excluding hydrogens is 340 g/mol. The molecule has 2 aromatic rings. The van der Waals surface area contributed by atoms with Crippen LogP contribution in [0.25, 0.3) is 0 Å². The van der Waals surface area contributed by atoms with Gasteiger partial charge in [-0.25, -0.2) is 4.68 Å². The van der Waals surface area contributed by atoms with Crippen LogP contribution in [-0.4, -0.2) is 45.9 Å². The average molecular weight is 371 g/mol. The lowest BCUT2D eigenvalue weighted by Crippen LogP contribution is -2.49. The van der Waals surface area contributed by atoms with Gasteiger partial charge in [0, 0.05) is 32.2 Å². The Kier molecular flexibility index (Phi) is 5.31. The van der Waals surface area contributed by atoms with Crippen LogP contribution in [-0.2, 0) is 23.9 Å². The fourth-order valence-corrected chi connectivity index (χ4v) is 4.49. The van der Waals surface area contributed by atoms with Gasteiger partial charge in [0.1, 0.15) is 5.72 Å². The summed E-state index contributed by atoms with van der Waals surface area (Å²) in [5.74, 6) is 0.993. The van der Waals surface area contributed by atoms with Crippen molar-refractivity contribution in [2.24, 2.45) is 7.05 Å². The third kappa shape index (κ3) is 3.66. The number of nitrogens with zero attached hydrogens (tertiary/aromatic N) is 4. The van der Waals surface area contributed by atoms with E-state index in [0.717, 1.165) is 38.9 Å². The van der Waals surface area contributed by atoms with Gasteiger partial charge in [0.2, 0.25) is 11.9 Å². The van der Waals surface area contributed by atoms with Gasteiger partial charge in [-0.1, -0.05) is 24.3 Å². The molecular formula is C20H30N6O. The number of ether oxygens (including phenoxy) is 1. The van der Waals surface area contributed by atoms with E-state index in [1.165, 1.54) is 30.4 Å². The number of rotatable bonds is 7. The topological polar surface area (TPSA) is 81.2 Å². The summed E-state index contributed by atoms with van der Waals surface area (Å²) in [4.78, 5) is 6.74. The Morgan fingerprint density at radius 2 is 2.04 bits per heavy atom. The van der Waals surface area contributed by atoms with Crippen LogP contribution in [0, 0.1) is 0 Å². The third-order valence-electron chi connectivity index (χ3n) is 5.74. The number of fused-ring (bicyclic) bond motifs is 1. The van der Waals surface area contributed by atoms with Gasteiger partial charge in [-0.05, 0) is 44.1 Å². The minimum Gasteiger partial charge on any atom is -0.366 e. The van der Waals surface area contributed by atoms with E-state index in [0.29, 0.717) is 18.5 Å². The molecule has 1 saturated heterocycles. The van der Waals surface area contributed by atoms with E-state index >= 15 is 0 Å². The number of nitrogens with two attached hydrogens (primary N) is 1. The molecule has 0 saturated carbocycles. The number of aromatic nitrogens is 3. The second-order valence-corrected chi connectivity index (χ2v) is 7.54. The molecule has 1 unspecified atom stereocenters. The largest absolute Gasteiger partial charge is 0.366 e. The van der Waals surface area contributed by atoms with Crippen molar-refractivity contribution < 1.29 is 4.74 Å². The Hall–Kier alpha value is -2.12. The first-order valence-corrected chi connectivity index (χ1v) is 10.1. The van der Waals surface area contributed by atoms with Crippen molar-refractivity contribution in [3.63, 3.8) is 0 Å². The van der Waals surface area contributed by atoms with Gasteiger partial charge in [0.25, 0.3) is 0 Å². The molecule has 2 heterocycles. The van der Waals surface area contributed by atoms with E-state index in [-0.39, 0.29) is 5.72 Å². The number of nitrogen functional groups attached to an aromatic ring is 1. The zero-order chi connectivity index (χ0) is 18.7. The summed E-state index contributed by atoms with van der Waals surface area (Å²) in [6.45, 7) is 3.75. The maximum absolute atomic E-state index is 6.67. The molecule has 1 aliphatic heterocycles. The Morgan fingerprint density at radius 1 is 1.22 bits per heavy atom. The van der Waals surface area contributed by atoms with Crippen LogP contribution >= 0.6 is 0 Å². The summed E-state index contributed by atoms with van der Waals surface area (Å²) >= 11 is 0. The van der Waals surface area contributed by atoms with Crippen molar-refractivity contribution in [2.75, 3.05) is 37.3 Å². The highest BCUT2D eigenvalue weighted by Gasteiger charge is 2.43. The number of likely N-dealkylation sites (tertiary alicyclic amines) is 1. The molecule has 1 fully saturated rings. The number of benzene rings is 1. The first-order valence-electron chi connectivity index (χ1n) is 10.1. The molecule has 7 heteroatoms. The second-order valence-electron chi connectivity index (χ2n) is 7.54. The quantitative estimate of drug-likeness (QED) is 0.729. The molecule has 7 nitrogen and oxygen atoms in total. The zero-order valence-corrected chi connectivity index (χ0v) is 16.2. The van der Waals surface area contributed by atoms with Crippen molar-refractivity contribution in [3.05, 3.63) is 35.4 Å². The molecule has 1 aliphatic carbocycles. The van der Waals surface area contributed by atoms with Crippen molar-refractivity contribution in [3.8, 4) is 0 Å². The van der Waals surface area contributed by atoms with Crippen LogP contribution in [0.1, 0.15) is 43.2 Å². The van der Waals surface area contributed by atoms with Crippen LogP contribution < -0.4 is 11.1 Å². The van der Waals surface area contributed by atoms with Crippen molar-refractivity contribution in [2.45, 2.75) is 44.2 Å². The number of hydrogen-bond donors (Lipinski definition) is 2. The molecule has 0 bridgehead atoms. The number of aryl methyl sites for hydroxylation is 2. The van der Waals surface area contributed by atoms with Crippen LogP contribution in [0.4, 0.5) is 11.9 Å². The molecule has 27 heavy (non-hydrogen) atoms. The van der Waals surface area contributed by atoms with E-state index in [2.05, 4.69) is 44.6 Å². The lowest BCUT2D eigenvalue weighted by atomic mass is 9.83. The second kappa shape index (κ2) is 7.86. The maximum atomic E-state index is 6.67. The lowest BCUT2D eigenvalue weighted by Gasteiger charge is -2.45. The number of nitrogens with one attached hydrogen (secondary N) is 1. The fraction of sp³-hybridized carbons (Fsp3) is 0.600. The average Bonchev–Trinajstić information content (AvgIpc) is 3.32. The fourth-order valence-electron chi connectivity index (χ4n) is 4.49. The van der Waals surface area contributed by atoms with Crippen molar-refractivity contribution in [1.82, 2.24) is 19.7 Å². The molecule has 4 rings (SSSR count). The predicted octanol–water partition coefficient (Wildman–Crippen LogP) is 2.50. The van der Waals surface area contributed by atoms with E-state index < -0.39 is 0 Å². The Bertz CT molecular complexity index is 770. The van der Waals surface area contributed by atoms with Crippen molar-refractivity contribution in [1.29, 1.82) is 0 Å². The van der Waals surface area contributed by atoms with Gasteiger partial charge >= 0.3 is 0 Å². The molecule has 1 atom stereocenters. The normalized spacial score (nSPS) is 22.7. The lowest BCUT2D eigenvalue weighted by molar-refractivity contribution is -0.167. The monoisotopic (exact) mass is 370 g/mol. The molecule has 0 amide bonds. The van der Waals surface area contributed by atoms with E-state index in [1.807, 2.05) is 7.05 Å². The standard InChI is InChI=1S/C20H30N6O/c1-25-19(23-18(21)24-25)22-12-7-15-27-20(26-13-4-5-14-26)11-6-9-16-8-2-3-10-17(16)20/h2-3,8,10H,4-7,9,11-15H2,1H3,(H3,21,22,23,24). The Labute approximate surface area is 160 Å². The summed E-state index contributed by atoms with van der Waals surface area (Å²) in [7, 11) is 1.84. The first kappa shape index (κ1) is 18.3. The summed E-state index contributed by atoms with van der Waals surface area (Å²) in [6.07, 6.45) is 6.86. The minimum atomic E-state index is -0.249. The van der Waals surface area contributed by atoms with Gasteiger partial charge < -0.3 is 15.8 Å². The summed E-state index contributed by atoms with van der Waals surface area (Å²) < 4.78 is 8.34. The van der Waals surface area contributed by atoms with Crippen LogP contribution in [0.15, 0.2) is 24.3 Å². The van der Waals surface area contributed by atoms with Gasteiger partial charge in [0.05, 0.1) is 6.61 Å². The molecule has 0 radical (unpaired) electrons. The van der Waals surface area contributed by atoms with E-state index in [4.69, 9.17) is 10.5 Å². The van der Waals surface area contributed by atoms with Gasteiger partial charge in [-0.15, -0.1) is 5.10 Å². The highest BCUT2D eigenvalue weighted by atomic mass is 16.5. The first-order chi connectivity index (χ1) is 13.2. The SMILES string of the molecule is Cn1nc(N)nc1NCCCOC1(N2CCCC2)CCCc2ccccc21. The Morgan fingerprint density at radius 3 is 2.81 bits per heavy atom. The minimum absolute atomic E-state index is 0.249. The zero-order valence-electron chi connectivity index (χ0n) is 16.2. The van der Waals surface area contributed by atoms with Crippen LogP contribution in [0.2, 0.25) is 0 Å². The van der Waals surface area contributed by atoms with Crippen LogP contribution in [0.5, 0.6) is 0 Å². The molecule has 3 N–H and O–H groups in total. The summed E-state index contributed by atoms with van der Waals surface area (Å²) in [5.41, 5.74) is 8.21. The van der Waals surface area contributed by atoms with E-state index in [1.54, 1.807) is 4.68 Å². The highest BCUT2D eigenvalue weighted by Crippen LogP contribution is 2.42. The molecule has 0 spiro atoms. The Balaban J connectivity index is 1.41. The van der Waals surface area contributed by atoms with Gasteiger partial charge in [-0.3, -0.25) is 4.90 Å². The van der Waals surface area contributed by atoms with E-state index in [9.17, 15) is 0 Å². The number of hydrogen-bond acceptors (Lipinski definition) is 6. The number of anilines is 2. The molecule has 1 aromatic heterocycles. The summed E-state index contributed by atoms with van der Waals surface area (Å²) in [5, 5.41) is 7.34. The van der Waals surface area contributed by atoms with Gasteiger partial charge in [0.15, 0.2) is 0 Å². The molecule has 1 aromatic carbocycles. The maximum Gasteiger partial charge on any atom is 0.241 e. The third-order valence-corrected chi connectivity index (χ3v) is 5.74. The summed E-state index contributed by atoms with van der Waals surface area (Å²) in [6, 6.07) is 8.84. The smallest absolute Gasteiger partial charge is 0.241 e. The van der Waals surface area contributed by atoms with Crippen LogP contribution in [0.3, 0.4) is 0 Å².